The number of anilines is 2. The van der Waals surface area contributed by atoms with Crippen molar-refractivity contribution in [3.8, 4) is 11.3 Å². The first-order valence-corrected chi connectivity index (χ1v) is 11.6. The Morgan fingerprint density at radius 1 is 1.22 bits per heavy atom. The highest BCUT2D eigenvalue weighted by atomic mass is 19.1. The molecule has 4 heterocycles. The van der Waals surface area contributed by atoms with Crippen LogP contribution < -0.4 is 10.6 Å². The Morgan fingerprint density at radius 3 is 2.76 bits per heavy atom. The van der Waals surface area contributed by atoms with Gasteiger partial charge in [-0.1, -0.05) is 0 Å². The quantitative estimate of drug-likeness (QED) is 0.354. The maximum absolute atomic E-state index is 15.1. The normalized spacial score (nSPS) is 22.2. The number of nitrogens with zero attached hydrogens (tertiary/aromatic N) is 4. The summed E-state index contributed by atoms with van der Waals surface area (Å²) in [5, 5.41) is 12.6. The van der Waals surface area contributed by atoms with Gasteiger partial charge >= 0.3 is 6.09 Å². The van der Waals surface area contributed by atoms with Crippen LogP contribution in [0.25, 0.3) is 16.9 Å². The van der Waals surface area contributed by atoms with Gasteiger partial charge < -0.3 is 20.1 Å². The number of imidazole rings is 1. The van der Waals surface area contributed by atoms with E-state index in [1.165, 1.54) is 12.1 Å². The molecule has 192 valence electrons. The van der Waals surface area contributed by atoms with Gasteiger partial charge in [0.1, 0.15) is 23.4 Å². The van der Waals surface area contributed by atoms with Gasteiger partial charge in [-0.25, -0.2) is 27.9 Å². The molecule has 1 aromatic carbocycles. The van der Waals surface area contributed by atoms with Crippen molar-refractivity contribution in [2.75, 3.05) is 11.9 Å². The van der Waals surface area contributed by atoms with Crippen molar-refractivity contribution in [3.63, 3.8) is 0 Å². The number of ether oxygens (including phenoxy) is 2. The number of amides is 1. The standard InChI is InChI=1S/C24H22F3N7O3/c1-24(2-3-24)31-23(35)37-17-11-36-21(20(17)27)16-9-18(33-32-16)30-22-29-15(10-19-28-4-5-34(19)22)12-6-13(25)8-14(26)7-12/h4-10,17,20-21H,2-3,11H2,1H3,(H,31,35)(H2,29,30,32,33)/t17-,20-,21-/m0/s1. The summed E-state index contributed by atoms with van der Waals surface area (Å²) in [6.07, 6.45) is 0.583. The first-order valence-electron chi connectivity index (χ1n) is 11.6. The van der Waals surface area contributed by atoms with Gasteiger partial charge in [-0.05, 0) is 31.9 Å². The molecule has 1 saturated heterocycles. The summed E-state index contributed by atoms with van der Waals surface area (Å²) in [6.45, 7) is 1.80. The van der Waals surface area contributed by atoms with E-state index in [0.29, 0.717) is 17.2 Å². The van der Waals surface area contributed by atoms with Crippen LogP contribution in [0.15, 0.2) is 42.7 Å². The maximum atomic E-state index is 15.1. The molecule has 0 unspecified atom stereocenters. The van der Waals surface area contributed by atoms with Crippen LogP contribution >= 0.6 is 0 Å². The Labute approximate surface area is 208 Å². The number of alkyl carbamates (subject to hydrolysis) is 1. The number of benzene rings is 1. The van der Waals surface area contributed by atoms with Crippen molar-refractivity contribution >= 4 is 23.5 Å². The fraction of sp³-hybridized carbons (Fsp3) is 0.333. The van der Waals surface area contributed by atoms with Crippen molar-refractivity contribution in [2.45, 2.75) is 43.7 Å². The second-order valence-corrected chi connectivity index (χ2v) is 9.44. The molecule has 10 nitrogen and oxygen atoms in total. The van der Waals surface area contributed by atoms with Crippen LogP contribution in [0.1, 0.15) is 31.6 Å². The molecule has 3 N–H and O–H groups in total. The zero-order valence-electron chi connectivity index (χ0n) is 19.5. The van der Waals surface area contributed by atoms with Gasteiger partial charge in [-0.3, -0.25) is 9.50 Å². The van der Waals surface area contributed by atoms with Gasteiger partial charge in [0.2, 0.25) is 5.95 Å². The van der Waals surface area contributed by atoms with E-state index in [1.807, 2.05) is 6.92 Å². The summed E-state index contributed by atoms with van der Waals surface area (Å²) in [5.41, 5.74) is 1.06. The van der Waals surface area contributed by atoms with Gasteiger partial charge in [0, 0.05) is 41.7 Å². The molecule has 1 amide bonds. The molecule has 6 rings (SSSR count). The number of alkyl halides is 1. The molecule has 2 aliphatic rings. The van der Waals surface area contributed by atoms with Crippen LogP contribution in [0, 0.1) is 11.6 Å². The van der Waals surface area contributed by atoms with Gasteiger partial charge in [-0.2, -0.15) is 5.10 Å². The lowest BCUT2D eigenvalue weighted by Gasteiger charge is -2.17. The first kappa shape index (κ1) is 23.3. The molecule has 1 saturated carbocycles. The predicted molar refractivity (Wildman–Crippen MR) is 125 cm³/mol. The van der Waals surface area contributed by atoms with Crippen molar-refractivity contribution in [2.24, 2.45) is 0 Å². The SMILES string of the molecule is CC1(NC(=O)O[C@H]2CO[C@@H](c3cc(Nc4nc(-c5cc(F)cc(F)c5)cc5nccn45)n[nH]3)[C@H]2F)CC1. The van der Waals surface area contributed by atoms with E-state index < -0.39 is 36.1 Å². The molecule has 4 aromatic rings. The minimum absolute atomic E-state index is 0.0960. The number of hydrogen-bond acceptors (Lipinski definition) is 7. The minimum atomic E-state index is -1.60. The van der Waals surface area contributed by atoms with Crippen molar-refractivity contribution in [3.05, 3.63) is 60.1 Å². The monoisotopic (exact) mass is 513 g/mol. The lowest BCUT2D eigenvalue weighted by atomic mass is 10.1. The van der Waals surface area contributed by atoms with Crippen LogP contribution in [0.2, 0.25) is 0 Å². The molecule has 37 heavy (non-hydrogen) atoms. The first-order chi connectivity index (χ1) is 17.8. The number of carbonyl (C=O) groups is 1. The Bertz CT molecular complexity index is 1470. The second-order valence-electron chi connectivity index (χ2n) is 9.44. The average molecular weight is 513 g/mol. The highest BCUT2D eigenvalue weighted by Crippen LogP contribution is 2.36. The molecule has 13 heteroatoms. The van der Waals surface area contributed by atoms with E-state index in [1.54, 1.807) is 28.9 Å². The number of H-pyrrole nitrogens is 1. The summed E-state index contributed by atoms with van der Waals surface area (Å²) in [7, 11) is 0. The number of halogens is 3. The third-order valence-corrected chi connectivity index (χ3v) is 6.44. The molecule has 1 aliphatic carbocycles. The summed E-state index contributed by atoms with van der Waals surface area (Å²) in [4.78, 5) is 20.8. The zero-order chi connectivity index (χ0) is 25.7. The topological polar surface area (TPSA) is 118 Å². The average Bonchev–Trinajstić information content (AvgIpc) is 3.22. The Hall–Kier alpha value is -4.13. The third kappa shape index (κ3) is 4.69. The van der Waals surface area contributed by atoms with E-state index >= 15 is 4.39 Å². The van der Waals surface area contributed by atoms with Crippen LogP contribution in [0.3, 0.4) is 0 Å². The number of aromatic nitrogens is 5. The third-order valence-electron chi connectivity index (χ3n) is 6.44. The fourth-order valence-electron chi connectivity index (χ4n) is 4.19. The molecular weight excluding hydrogens is 491 g/mol. The fourth-order valence-corrected chi connectivity index (χ4v) is 4.19. The van der Waals surface area contributed by atoms with Gasteiger partial charge in [-0.15, -0.1) is 0 Å². The molecule has 0 spiro atoms. The number of nitrogens with one attached hydrogen (secondary N) is 3. The lowest BCUT2D eigenvalue weighted by molar-refractivity contribution is 0.0604. The molecule has 3 aromatic heterocycles. The van der Waals surface area contributed by atoms with Crippen molar-refractivity contribution in [1.29, 1.82) is 0 Å². The second kappa shape index (κ2) is 8.76. The van der Waals surface area contributed by atoms with E-state index in [0.717, 1.165) is 18.9 Å². The molecule has 3 atom stereocenters. The summed E-state index contributed by atoms with van der Waals surface area (Å²) >= 11 is 0. The molecule has 0 radical (unpaired) electrons. The highest BCUT2D eigenvalue weighted by molar-refractivity contribution is 5.69. The molecule has 0 bridgehead atoms. The Balaban J connectivity index is 1.20. The highest BCUT2D eigenvalue weighted by Gasteiger charge is 2.44. The minimum Gasteiger partial charge on any atom is -0.441 e. The largest absolute Gasteiger partial charge is 0.441 e. The summed E-state index contributed by atoms with van der Waals surface area (Å²) in [6, 6.07) is 6.26. The summed E-state index contributed by atoms with van der Waals surface area (Å²) in [5.74, 6) is -0.904. The zero-order valence-corrected chi connectivity index (χ0v) is 19.5. The predicted octanol–water partition coefficient (Wildman–Crippen LogP) is 4.20. The number of hydrogen-bond donors (Lipinski definition) is 3. The van der Waals surface area contributed by atoms with E-state index in [9.17, 15) is 13.6 Å². The van der Waals surface area contributed by atoms with E-state index in [-0.39, 0.29) is 29.4 Å². The maximum Gasteiger partial charge on any atom is 0.408 e. The van der Waals surface area contributed by atoms with Gasteiger partial charge in [0.25, 0.3) is 0 Å². The number of fused-ring (bicyclic) bond motifs is 1. The van der Waals surface area contributed by atoms with Gasteiger partial charge in [0.15, 0.2) is 18.1 Å². The van der Waals surface area contributed by atoms with Crippen LogP contribution in [0.4, 0.5) is 29.7 Å². The molecule has 2 fully saturated rings. The Morgan fingerprint density at radius 2 is 2.00 bits per heavy atom. The van der Waals surface area contributed by atoms with E-state index in [2.05, 4.69) is 30.8 Å². The van der Waals surface area contributed by atoms with Crippen LogP contribution in [-0.4, -0.2) is 55.1 Å². The number of aromatic amines is 1. The van der Waals surface area contributed by atoms with Crippen LogP contribution in [0.5, 0.6) is 0 Å². The van der Waals surface area contributed by atoms with Gasteiger partial charge in [0.05, 0.1) is 18.0 Å². The Kier molecular flexibility index (Phi) is 5.51. The lowest BCUT2D eigenvalue weighted by Crippen LogP contribution is -2.39. The summed E-state index contributed by atoms with van der Waals surface area (Å²) < 4.78 is 55.0. The van der Waals surface area contributed by atoms with Crippen molar-refractivity contribution < 1.29 is 27.4 Å². The smallest absolute Gasteiger partial charge is 0.408 e. The number of rotatable bonds is 6. The van der Waals surface area contributed by atoms with Crippen molar-refractivity contribution in [1.82, 2.24) is 29.9 Å². The van der Waals surface area contributed by atoms with E-state index in [4.69, 9.17) is 9.47 Å². The molecular formula is C24H22F3N7O3. The van der Waals surface area contributed by atoms with Crippen LogP contribution in [-0.2, 0) is 9.47 Å². The molecule has 1 aliphatic heterocycles. The number of carbonyl (C=O) groups excluding carboxylic acids is 1.